The molecule has 0 saturated carbocycles. The van der Waals surface area contributed by atoms with E-state index >= 15 is 0 Å². The maximum Gasteiger partial charge on any atom is 0.254 e. The summed E-state index contributed by atoms with van der Waals surface area (Å²) >= 11 is 0. The van der Waals surface area contributed by atoms with Crippen molar-refractivity contribution in [2.45, 2.75) is 32.2 Å². The standard InChI is InChI=1S/C19H17N3O/c1-22-11-15-9-13(6-7-16(15)19(22)23)18-14(10-20)8-12-4-2-3-5-17(12)21-18/h6-9H,2-5,11H2,1H3. The van der Waals surface area contributed by atoms with Crippen molar-refractivity contribution in [3.05, 3.63) is 52.2 Å². The van der Waals surface area contributed by atoms with Crippen molar-refractivity contribution < 1.29 is 4.79 Å². The number of pyridine rings is 1. The number of nitrogens with zero attached hydrogens (tertiary/aromatic N) is 3. The normalized spacial score (nSPS) is 16.0. The van der Waals surface area contributed by atoms with E-state index in [0.717, 1.165) is 47.3 Å². The number of benzene rings is 1. The summed E-state index contributed by atoms with van der Waals surface area (Å²) in [4.78, 5) is 18.5. The fourth-order valence-corrected chi connectivity index (χ4v) is 3.55. The highest BCUT2D eigenvalue weighted by atomic mass is 16.2. The molecule has 0 atom stereocenters. The predicted molar refractivity (Wildman–Crippen MR) is 86.8 cm³/mol. The van der Waals surface area contributed by atoms with Gasteiger partial charge in [0.1, 0.15) is 6.07 Å². The second kappa shape index (κ2) is 5.20. The largest absolute Gasteiger partial charge is 0.337 e. The fraction of sp³-hybridized carbons (Fsp3) is 0.316. The van der Waals surface area contributed by atoms with Gasteiger partial charge in [0.15, 0.2) is 0 Å². The summed E-state index contributed by atoms with van der Waals surface area (Å²) in [5, 5.41) is 9.51. The van der Waals surface area contributed by atoms with Gasteiger partial charge >= 0.3 is 0 Å². The van der Waals surface area contributed by atoms with Crippen molar-refractivity contribution in [2.75, 3.05) is 7.05 Å². The molecule has 2 aliphatic rings. The van der Waals surface area contributed by atoms with Gasteiger partial charge in [0, 0.05) is 30.4 Å². The van der Waals surface area contributed by atoms with Crippen LogP contribution in [0.1, 0.15) is 45.6 Å². The van der Waals surface area contributed by atoms with Crippen LogP contribution in [0.5, 0.6) is 0 Å². The molecule has 2 aromatic rings. The number of fused-ring (bicyclic) bond motifs is 2. The molecule has 114 valence electrons. The van der Waals surface area contributed by atoms with E-state index in [1.807, 2.05) is 24.3 Å². The minimum atomic E-state index is 0.0606. The molecule has 0 N–H and O–H groups in total. The molecule has 4 heteroatoms. The monoisotopic (exact) mass is 303 g/mol. The number of amides is 1. The number of hydrogen-bond donors (Lipinski definition) is 0. The van der Waals surface area contributed by atoms with E-state index in [9.17, 15) is 10.1 Å². The number of aryl methyl sites for hydroxylation is 2. The van der Waals surface area contributed by atoms with Gasteiger partial charge in [0.2, 0.25) is 0 Å². The average molecular weight is 303 g/mol. The Hall–Kier alpha value is -2.67. The fourth-order valence-electron chi connectivity index (χ4n) is 3.55. The first-order valence-electron chi connectivity index (χ1n) is 7.99. The highest BCUT2D eigenvalue weighted by molar-refractivity contribution is 5.98. The van der Waals surface area contributed by atoms with Crippen LogP contribution in [0, 0.1) is 11.3 Å². The van der Waals surface area contributed by atoms with Crippen LogP contribution in [-0.2, 0) is 19.4 Å². The van der Waals surface area contributed by atoms with Gasteiger partial charge in [-0.2, -0.15) is 5.26 Å². The summed E-state index contributed by atoms with van der Waals surface area (Å²) in [5.74, 6) is 0.0606. The topological polar surface area (TPSA) is 57.0 Å². The van der Waals surface area contributed by atoms with E-state index in [0.29, 0.717) is 12.1 Å². The maximum absolute atomic E-state index is 12.0. The SMILES string of the molecule is CN1Cc2cc(-c3nc4c(cc3C#N)CCCC4)ccc2C1=O. The molecule has 0 saturated heterocycles. The molecule has 1 aliphatic carbocycles. The second-order valence-electron chi connectivity index (χ2n) is 6.34. The van der Waals surface area contributed by atoms with Gasteiger partial charge in [-0.25, -0.2) is 0 Å². The van der Waals surface area contributed by atoms with E-state index in [1.54, 1.807) is 11.9 Å². The van der Waals surface area contributed by atoms with Crippen LogP contribution in [0.4, 0.5) is 0 Å². The van der Waals surface area contributed by atoms with Crippen molar-refractivity contribution in [3.8, 4) is 17.3 Å². The quantitative estimate of drug-likeness (QED) is 0.813. The van der Waals surface area contributed by atoms with Crippen LogP contribution in [-0.4, -0.2) is 22.8 Å². The zero-order valence-electron chi connectivity index (χ0n) is 13.1. The lowest BCUT2D eigenvalue weighted by atomic mass is 9.92. The number of nitriles is 1. The highest BCUT2D eigenvalue weighted by Gasteiger charge is 2.25. The molecule has 2 heterocycles. The molecule has 1 aromatic carbocycles. The number of carbonyl (C=O) groups is 1. The van der Waals surface area contributed by atoms with Crippen molar-refractivity contribution >= 4 is 5.91 Å². The minimum Gasteiger partial charge on any atom is -0.337 e. The second-order valence-corrected chi connectivity index (χ2v) is 6.34. The average Bonchev–Trinajstić information content (AvgIpc) is 2.87. The smallest absolute Gasteiger partial charge is 0.254 e. The third-order valence-corrected chi connectivity index (χ3v) is 4.78. The zero-order valence-corrected chi connectivity index (χ0v) is 13.1. The number of rotatable bonds is 1. The Morgan fingerprint density at radius 2 is 2.00 bits per heavy atom. The highest BCUT2D eigenvalue weighted by Crippen LogP contribution is 2.31. The van der Waals surface area contributed by atoms with Crippen molar-refractivity contribution in [1.82, 2.24) is 9.88 Å². The number of carbonyl (C=O) groups excluding carboxylic acids is 1. The van der Waals surface area contributed by atoms with Gasteiger partial charge in [-0.3, -0.25) is 9.78 Å². The molecule has 0 spiro atoms. The Balaban J connectivity index is 1.84. The molecule has 23 heavy (non-hydrogen) atoms. The van der Waals surface area contributed by atoms with Crippen LogP contribution >= 0.6 is 0 Å². The van der Waals surface area contributed by atoms with Crippen LogP contribution in [0.25, 0.3) is 11.3 Å². The Labute approximate surface area is 135 Å². The van der Waals surface area contributed by atoms with Gasteiger partial charge in [-0.05, 0) is 55.0 Å². The summed E-state index contributed by atoms with van der Waals surface area (Å²) in [6, 6.07) is 10.1. The Bertz CT molecular complexity index is 864. The summed E-state index contributed by atoms with van der Waals surface area (Å²) < 4.78 is 0. The van der Waals surface area contributed by atoms with Crippen molar-refractivity contribution in [1.29, 1.82) is 5.26 Å². The van der Waals surface area contributed by atoms with Crippen molar-refractivity contribution in [3.63, 3.8) is 0 Å². The minimum absolute atomic E-state index is 0.0606. The Kier molecular flexibility index (Phi) is 3.16. The lowest BCUT2D eigenvalue weighted by Gasteiger charge is -2.17. The third kappa shape index (κ3) is 2.20. The third-order valence-electron chi connectivity index (χ3n) is 4.78. The molecule has 4 rings (SSSR count). The van der Waals surface area contributed by atoms with E-state index in [1.165, 1.54) is 12.0 Å². The first kappa shape index (κ1) is 14.0. The summed E-state index contributed by atoms with van der Waals surface area (Å²) in [7, 11) is 1.81. The molecule has 1 aliphatic heterocycles. The van der Waals surface area contributed by atoms with Gasteiger partial charge in [0.05, 0.1) is 11.3 Å². The summed E-state index contributed by atoms with van der Waals surface area (Å²) in [6.45, 7) is 0.620. The van der Waals surface area contributed by atoms with Gasteiger partial charge in [0.25, 0.3) is 5.91 Å². The molecule has 1 amide bonds. The van der Waals surface area contributed by atoms with E-state index < -0.39 is 0 Å². The summed E-state index contributed by atoms with van der Waals surface area (Å²) in [6.07, 6.45) is 4.34. The molecule has 0 bridgehead atoms. The van der Waals surface area contributed by atoms with Crippen LogP contribution in [0.2, 0.25) is 0 Å². The van der Waals surface area contributed by atoms with Crippen LogP contribution in [0.15, 0.2) is 24.3 Å². The first-order chi connectivity index (χ1) is 11.2. The van der Waals surface area contributed by atoms with Crippen LogP contribution < -0.4 is 0 Å². The number of aromatic nitrogens is 1. The number of hydrogen-bond acceptors (Lipinski definition) is 3. The van der Waals surface area contributed by atoms with E-state index in [-0.39, 0.29) is 5.91 Å². The van der Waals surface area contributed by atoms with Gasteiger partial charge in [-0.15, -0.1) is 0 Å². The molecule has 4 nitrogen and oxygen atoms in total. The van der Waals surface area contributed by atoms with E-state index in [4.69, 9.17) is 4.98 Å². The molecular formula is C19H17N3O. The summed E-state index contributed by atoms with van der Waals surface area (Å²) in [5.41, 5.74) is 6.41. The predicted octanol–water partition coefficient (Wildman–Crippen LogP) is 3.08. The lowest BCUT2D eigenvalue weighted by molar-refractivity contribution is 0.0816. The molecule has 0 radical (unpaired) electrons. The van der Waals surface area contributed by atoms with Crippen molar-refractivity contribution in [2.24, 2.45) is 0 Å². The van der Waals surface area contributed by atoms with E-state index in [2.05, 4.69) is 6.07 Å². The van der Waals surface area contributed by atoms with Crippen LogP contribution in [0.3, 0.4) is 0 Å². The maximum atomic E-state index is 12.0. The molecule has 0 unspecified atom stereocenters. The molecule has 1 aromatic heterocycles. The Morgan fingerprint density at radius 1 is 1.17 bits per heavy atom. The molecular weight excluding hydrogens is 286 g/mol. The lowest BCUT2D eigenvalue weighted by Crippen LogP contribution is -2.17. The van der Waals surface area contributed by atoms with Gasteiger partial charge in [-0.1, -0.05) is 6.07 Å². The molecule has 0 fully saturated rings. The Morgan fingerprint density at radius 3 is 2.83 bits per heavy atom. The zero-order chi connectivity index (χ0) is 16.0. The first-order valence-corrected chi connectivity index (χ1v) is 7.99. The van der Waals surface area contributed by atoms with Gasteiger partial charge < -0.3 is 4.90 Å².